The minimum absolute atomic E-state index is 0.176. The van der Waals surface area contributed by atoms with E-state index in [2.05, 4.69) is 0 Å². The average molecular weight is 388 g/mol. The third kappa shape index (κ3) is 14.7. The van der Waals surface area contributed by atoms with Gasteiger partial charge in [-0.3, -0.25) is 19.2 Å². The van der Waals surface area contributed by atoms with E-state index in [-0.39, 0.29) is 25.7 Å². The number of carbonyl (C=O) groups excluding carboxylic acids is 4. The fourth-order valence-electron chi connectivity index (χ4n) is 2.15. The molecule has 0 aliphatic rings. The summed E-state index contributed by atoms with van der Waals surface area (Å²) in [6, 6.07) is 0. The van der Waals surface area contributed by atoms with Crippen molar-refractivity contribution < 1.29 is 38.1 Å². The van der Waals surface area contributed by atoms with E-state index >= 15 is 0 Å². The molecule has 0 fully saturated rings. The Kier molecular flexibility index (Phi) is 13.8. The Labute approximate surface area is 160 Å². The second-order valence-electron chi connectivity index (χ2n) is 6.16. The van der Waals surface area contributed by atoms with E-state index in [9.17, 15) is 19.2 Å². The molecule has 156 valence electrons. The topological polar surface area (TPSA) is 105 Å². The van der Waals surface area contributed by atoms with Crippen LogP contribution in [0.25, 0.3) is 0 Å². The van der Waals surface area contributed by atoms with Gasteiger partial charge in [0.05, 0.1) is 0 Å². The normalized spacial score (nSPS) is 12.6. The number of unbranched alkanes of at least 4 members (excludes halogenated alkanes) is 2. The summed E-state index contributed by atoms with van der Waals surface area (Å²) in [5, 5.41) is 0. The summed E-state index contributed by atoms with van der Waals surface area (Å²) in [6.07, 6.45) is 2.19. The fraction of sp³-hybridized carbons (Fsp3) is 0.789. The van der Waals surface area contributed by atoms with Crippen LogP contribution < -0.4 is 0 Å². The van der Waals surface area contributed by atoms with E-state index in [1.165, 1.54) is 13.8 Å². The average Bonchev–Trinajstić information content (AvgIpc) is 2.54. The van der Waals surface area contributed by atoms with Crippen LogP contribution in [0.5, 0.6) is 0 Å². The Morgan fingerprint density at radius 2 is 0.852 bits per heavy atom. The van der Waals surface area contributed by atoms with Crippen LogP contribution >= 0.6 is 0 Å². The largest absolute Gasteiger partial charge is 0.425 e. The lowest BCUT2D eigenvalue weighted by molar-refractivity contribution is -0.186. The molecule has 2 atom stereocenters. The van der Waals surface area contributed by atoms with E-state index in [1.807, 2.05) is 13.8 Å². The minimum Gasteiger partial charge on any atom is -0.425 e. The van der Waals surface area contributed by atoms with E-state index in [1.54, 1.807) is 0 Å². The van der Waals surface area contributed by atoms with Crippen molar-refractivity contribution in [2.24, 2.45) is 0 Å². The molecule has 8 nitrogen and oxygen atoms in total. The third-order valence-electron chi connectivity index (χ3n) is 3.36. The van der Waals surface area contributed by atoms with E-state index in [4.69, 9.17) is 18.9 Å². The van der Waals surface area contributed by atoms with Crippen molar-refractivity contribution in [2.45, 2.75) is 98.1 Å². The van der Waals surface area contributed by atoms with Crippen LogP contribution in [0, 0.1) is 0 Å². The standard InChI is InChI=1S/C19H32O8/c1-5-10-16(20)24-14(3)26-18(22)12-8-7-9-13-19(23)27-15(4)25-17(21)11-6-2/h14-15H,5-13H2,1-4H3. The summed E-state index contributed by atoms with van der Waals surface area (Å²) < 4.78 is 19.8. The van der Waals surface area contributed by atoms with E-state index < -0.39 is 36.5 Å². The molecule has 0 aromatic heterocycles. The van der Waals surface area contributed by atoms with E-state index in [0.717, 1.165) is 0 Å². The summed E-state index contributed by atoms with van der Waals surface area (Å²) in [7, 11) is 0. The lowest BCUT2D eigenvalue weighted by Crippen LogP contribution is -2.21. The van der Waals surface area contributed by atoms with Crippen LogP contribution in [0.4, 0.5) is 0 Å². The number of carbonyl (C=O) groups is 4. The van der Waals surface area contributed by atoms with Gasteiger partial charge in [-0.05, 0) is 25.7 Å². The summed E-state index contributed by atoms with van der Waals surface area (Å²) >= 11 is 0. The molecule has 0 aliphatic carbocycles. The highest BCUT2D eigenvalue weighted by Crippen LogP contribution is 2.09. The summed E-state index contributed by atoms with van der Waals surface area (Å²) in [6.45, 7) is 6.70. The lowest BCUT2D eigenvalue weighted by Gasteiger charge is -2.14. The maximum Gasteiger partial charge on any atom is 0.308 e. The lowest BCUT2D eigenvalue weighted by atomic mass is 10.1. The summed E-state index contributed by atoms with van der Waals surface area (Å²) in [5.41, 5.74) is 0. The highest BCUT2D eigenvalue weighted by molar-refractivity contribution is 5.72. The van der Waals surface area contributed by atoms with Gasteiger partial charge in [0.1, 0.15) is 0 Å². The van der Waals surface area contributed by atoms with Gasteiger partial charge in [0, 0.05) is 39.5 Å². The van der Waals surface area contributed by atoms with Gasteiger partial charge >= 0.3 is 23.9 Å². The molecule has 2 unspecified atom stereocenters. The van der Waals surface area contributed by atoms with Gasteiger partial charge in [0.2, 0.25) is 12.6 Å². The van der Waals surface area contributed by atoms with Gasteiger partial charge in [-0.15, -0.1) is 0 Å². The Bertz CT molecular complexity index is 432. The van der Waals surface area contributed by atoms with Gasteiger partial charge in [-0.25, -0.2) is 0 Å². The summed E-state index contributed by atoms with van der Waals surface area (Å²) in [5.74, 6) is -1.70. The van der Waals surface area contributed by atoms with E-state index in [0.29, 0.717) is 32.1 Å². The molecule has 0 bridgehead atoms. The molecule has 0 N–H and O–H groups in total. The monoisotopic (exact) mass is 388 g/mol. The maximum atomic E-state index is 11.6. The molecule has 0 rings (SSSR count). The Balaban J connectivity index is 3.77. The second kappa shape index (κ2) is 15.0. The molecule has 0 saturated carbocycles. The highest BCUT2D eigenvalue weighted by atomic mass is 16.7. The molecule has 0 aliphatic heterocycles. The summed E-state index contributed by atoms with van der Waals surface area (Å²) in [4.78, 5) is 45.8. The molecule has 0 spiro atoms. The Morgan fingerprint density at radius 3 is 1.15 bits per heavy atom. The predicted octanol–water partition coefficient (Wildman–Crippen LogP) is 3.40. The van der Waals surface area contributed by atoms with Gasteiger partial charge < -0.3 is 18.9 Å². The maximum absolute atomic E-state index is 11.6. The molecule has 0 amide bonds. The van der Waals surface area contributed by atoms with Crippen molar-refractivity contribution in [3.63, 3.8) is 0 Å². The van der Waals surface area contributed by atoms with Crippen LogP contribution in [-0.2, 0) is 38.1 Å². The van der Waals surface area contributed by atoms with Crippen LogP contribution in [0.2, 0.25) is 0 Å². The Hall–Kier alpha value is -2.12. The second-order valence-corrected chi connectivity index (χ2v) is 6.16. The zero-order valence-electron chi connectivity index (χ0n) is 16.8. The molecular weight excluding hydrogens is 356 g/mol. The number of hydrogen-bond donors (Lipinski definition) is 0. The molecule has 0 radical (unpaired) electrons. The van der Waals surface area contributed by atoms with Crippen molar-refractivity contribution in [1.82, 2.24) is 0 Å². The molecule has 0 heterocycles. The van der Waals surface area contributed by atoms with Gasteiger partial charge in [-0.2, -0.15) is 0 Å². The van der Waals surface area contributed by atoms with Gasteiger partial charge in [0.15, 0.2) is 0 Å². The van der Waals surface area contributed by atoms with Gasteiger partial charge in [0.25, 0.3) is 0 Å². The number of rotatable bonds is 14. The van der Waals surface area contributed by atoms with Crippen LogP contribution in [0.1, 0.15) is 85.5 Å². The zero-order valence-corrected chi connectivity index (χ0v) is 16.8. The number of ether oxygens (including phenoxy) is 4. The SMILES string of the molecule is CCCC(=O)OC(C)OC(=O)CCCCCC(=O)OC(C)OC(=O)CCC. The minimum atomic E-state index is -0.900. The van der Waals surface area contributed by atoms with Crippen molar-refractivity contribution in [1.29, 1.82) is 0 Å². The van der Waals surface area contributed by atoms with Crippen molar-refractivity contribution >= 4 is 23.9 Å². The van der Waals surface area contributed by atoms with Crippen molar-refractivity contribution in [3.8, 4) is 0 Å². The van der Waals surface area contributed by atoms with Crippen LogP contribution in [0.15, 0.2) is 0 Å². The molecule has 0 aromatic rings. The molecule has 0 saturated heterocycles. The first-order valence-corrected chi connectivity index (χ1v) is 9.56. The first-order valence-electron chi connectivity index (χ1n) is 9.56. The van der Waals surface area contributed by atoms with Crippen molar-refractivity contribution in [2.75, 3.05) is 0 Å². The molecule has 8 heteroatoms. The zero-order chi connectivity index (χ0) is 20.7. The number of esters is 4. The smallest absolute Gasteiger partial charge is 0.308 e. The first-order chi connectivity index (χ1) is 12.8. The molecular formula is C19H32O8. The molecule has 0 aromatic carbocycles. The molecule has 27 heavy (non-hydrogen) atoms. The highest BCUT2D eigenvalue weighted by Gasteiger charge is 2.15. The Morgan fingerprint density at radius 1 is 0.556 bits per heavy atom. The first kappa shape index (κ1) is 24.9. The number of hydrogen-bond acceptors (Lipinski definition) is 8. The van der Waals surface area contributed by atoms with Crippen LogP contribution in [-0.4, -0.2) is 36.5 Å². The third-order valence-corrected chi connectivity index (χ3v) is 3.36. The van der Waals surface area contributed by atoms with Gasteiger partial charge in [-0.1, -0.05) is 20.3 Å². The van der Waals surface area contributed by atoms with Crippen molar-refractivity contribution in [3.05, 3.63) is 0 Å². The fourth-order valence-corrected chi connectivity index (χ4v) is 2.15. The van der Waals surface area contributed by atoms with Crippen LogP contribution in [0.3, 0.4) is 0 Å². The predicted molar refractivity (Wildman–Crippen MR) is 96.2 cm³/mol. The quantitative estimate of drug-likeness (QED) is 0.253.